The van der Waals surface area contributed by atoms with Gasteiger partial charge in [-0.05, 0) is 38.4 Å². The molecule has 118 valence electrons. The van der Waals surface area contributed by atoms with Crippen molar-refractivity contribution in [3.63, 3.8) is 0 Å². The lowest BCUT2D eigenvalue weighted by atomic mass is 9.99. The van der Waals surface area contributed by atoms with Crippen LogP contribution in [-0.2, 0) is 16.2 Å². The molecular formula is C15H20N4O3. The molecule has 1 aliphatic rings. The highest BCUT2D eigenvalue weighted by Crippen LogP contribution is 2.18. The van der Waals surface area contributed by atoms with Crippen molar-refractivity contribution in [3.05, 3.63) is 34.9 Å². The monoisotopic (exact) mass is 304 g/mol. The summed E-state index contributed by atoms with van der Waals surface area (Å²) in [4.78, 5) is 26.2. The molecule has 0 aromatic carbocycles. The molecule has 1 aliphatic heterocycles. The van der Waals surface area contributed by atoms with Gasteiger partial charge in [-0.25, -0.2) is 4.79 Å². The van der Waals surface area contributed by atoms with Crippen LogP contribution in [0.1, 0.15) is 19.8 Å². The molecule has 0 bridgehead atoms. The summed E-state index contributed by atoms with van der Waals surface area (Å²) >= 11 is 0. The van der Waals surface area contributed by atoms with E-state index in [1.165, 1.54) is 9.08 Å². The molecule has 0 radical (unpaired) electrons. The van der Waals surface area contributed by atoms with Gasteiger partial charge in [-0.3, -0.25) is 14.1 Å². The lowest BCUT2D eigenvalue weighted by molar-refractivity contribution is -0.150. The highest BCUT2D eigenvalue weighted by molar-refractivity contribution is 5.72. The Hall–Kier alpha value is -2.15. The summed E-state index contributed by atoms with van der Waals surface area (Å²) in [6.45, 7) is 4.09. The van der Waals surface area contributed by atoms with Crippen LogP contribution in [0, 0.1) is 5.92 Å². The van der Waals surface area contributed by atoms with E-state index in [0.29, 0.717) is 25.5 Å². The molecular weight excluding hydrogens is 284 g/mol. The third-order valence-corrected chi connectivity index (χ3v) is 3.95. The maximum Gasteiger partial charge on any atom is 0.351 e. The zero-order valence-corrected chi connectivity index (χ0v) is 12.6. The van der Waals surface area contributed by atoms with Crippen LogP contribution >= 0.6 is 0 Å². The van der Waals surface area contributed by atoms with Crippen LogP contribution in [0.5, 0.6) is 0 Å². The summed E-state index contributed by atoms with van der Waals surface area (Å²) in [6.07, 6.45) is 3.47. The lowest BCUT2D eigenvalue weighted by Gasteiger charge is -2.30. The first-order valence-corrected chi connectivity index (χ1v) is 7.62. The third-order valence-electron chi connectivity index (χ3n) is 3.95. The predicted octanol–water partition coefficient (Wildman–Crippen LogP) is 0.729. The lowest BCUT2D eigenvalue weighted by Crippen LogP contribution is -2.42. The van der Waals surface area contributed by atoms with Gasteiger partial charge in [0.25, 0.3) is 0 Å². The first-order chi connectivity index (χ1) is 10.7. The predicted molar refractivity (Wildman–Crippen MR) is 80.4 cm³/mol. The van der Waals surface area contributed by atoms with Gasteiger partial charge in [-0.1, -0.05) is 6.07 Å². The van der Waals surface area contributed by atoms with Gasteiger partial charge in [0.05, 0.1) is 19.2 Å². The van der Waals surface area contributed by atoms with E-state index in [0.717, 1.165) is 19.4 Å². The largest absolute Gasteiger partial charge is 0.466 e. The SMILES string of the molecule is CCOC(=O)C1CCCN(Cn2nc3ccccn3c2=O)C1. The summed E-state index contributed by atoms with van der Waals surface area (Å²) in [5, 5.41) is 4.32. The summed E-state index contributed by atoms with van der Waals surface area (Å²) < 4.78 is 8.07. The Morgan fingerprint density at radius 3 is 3.09 bits per heavy atom. The number of hydrogen-bond donors (Lipinski definition) is 0. The van der Waals surface area contributed by atoms with Crippen LogP contribution in [0.15, 0.2) is 29.2 Å². The zero-order valence-electron chi connectivity index (χ0n) is 12.6. The van der Waals surface area contributed by atoms with Crippen molar-refractivity contribution in [3.8, 4) is 0 Å². The molecule has 2 aromatic rings. The van der Waals surface area contributed by atoms with Crippen LogP contribution in [0.25, 0.3) is 5.65 Å². The molecule has 1 unspecified atom stereocenters. The Morgan fingerprint density at radius 2 is 2.32 bits per heavy atom. The topological polar surface area (TPSA) is 68.8 Å². The normalized spacial score (nSPS) is 19.4. The molecule has 7 heteroatoms. The Bertz CT molecular complexity index is 721. The van der Waals surface area contributed by atoms with Gasteiger partial charge < -0.3 is 4.74 Å². The minimum Gasteiger partial charge on any atom is -0.466 e. The Labute approximate surface area is 128 Å². The first-order valence-electron chi connectivity index (χ1n) is 7.62. The second-order valence-electron chi connectivity index (χ2n) is 5.52. The maximum atomic E-state index is 12.3. The van der Waals surface area contributed by atoms with E-state index in [2.05, 4.69) is 10.00 Å². The first kappa shape index (κ1) is 14.8. The summed E-state index contributed by atoms with van der Waals surface area (Å²) in [7, 11) is 0. The molecule has 3 heterocycles. The van der Waals surface area contributed by atoms with Gasteiger partial charge in [0.2, 0.25) is 0 Å². The number of pyridine rings is 1. The molecule has 0 aliphatic carbocycles. The van der Waals surface area contributed by atoms with Crippen molar-refractivity contribution in [1.82, 2.24) is 19.1 Å². The van der Waals surface area contributed by atoms with Gasteiger partial charge in [0.15, 0.2) is 5.65 Å². The van der Waals surface area contributed by atoms with Crippen molar-refractivity contribution >= 4 is 11.6 Å². The number of piperidine rings is 1. The van der Waals surface area contributed by atoms with E-state index in [1.807, 2.05) is 13.0 Å². The fourth-order valence-corrected chi connectivity index (χ4v) is 2.89. The summed E-state index contributed by atoms with van der Waals surface area (Å²) in [6, 6.07) is 5.46. The Morgan fingerprint density at radius 1 is 1.45 bits per heavy atom. The molecule has 0 spiro atoms. The summed E-state index contributed by atoms with van der Waals surface area (Å²) in [5.41, 5.74) is 0.473. The standard InChI is InChI=1S/C15H20N4O3/c1-2-22-14(20)12-6-5-8-17(10-12)11-19-15(21)18-9-4-3-7-13(18)16-19/h3-4,7,9,12H,2,5-6,8,10-11H2,1H3. The number of esters is 1. The number of nitrogens with zero attached hydrogens (tertiary/aromatic N) is 4. The average Bonchev–Trinajstić information content (AvgIpc) is 2.84. The number of ether oxygens (including phenoxy) is 1. The van der Waals surface area contributed by atoms with E-state index < -0.39 is 0 Å². The highest BCUT2D eigenvalue weighted by atomic mass is 16.5. The van der Waals surface area contributed by atoms with Crippen molar-refractivity contribution in [2.75, 3.05) is 19.7 Å². The Kier molecular flexibility index (Phi) is 4.24. The van der Waals surface area contributed by atoms with Crippen LogP contribution in [0.2, 0.25) is 0 Å². The summed E-state index contributed by atoms with van der Waals surface area (Å²) in [5.74, 6) is -0.254. The van der Waals surface area contributed by atoms with Crippen molar-refractivity contribution < 1.29 is 9.53 Å². The third kappa shape index (κ3) is 2.89. The number of hydrogen-bond acceptors (Lipinski definition) is 5. The molecule has 1 atom stereocenters. The van der Waals surface area contributed by atoms with Gasteiger partial charge in [0.1, 0.15) is 0 Å². The van der Waals surface area contributed by atoms with Gasteiger partial charge in [-0.2, -0.15) is 4.68 Å². The zero-order chi connectivity index (χ0) is 15.5. The molecule has 22 heavy (non-hydrogen) atoms. The van der Waals surface area contributed by atoms with E-state index in [1.54, 1.807) is 18.3 Å². The van der Waals surface area contributed by atoms with E-state index >= 15 is 0 Å². The molecule has 0 N–H and O–H groups in total. The second-order valence-corrected chi connectivity index (χ2v) is 5.52. The van der Waals surface area contributed by atoms with E-state index in [9.17, 15) is 9.59 Å². The Balaban J connectivity index is 1.73. The molecule has 2 aromatic heterocycles. The smallest absolute Gasteiger partial charge is 0.351 e. The van der Waals surface area contributed by atoms with Crippen molar-refractivity contribution in [2.45, 2.75) is 26.4 Å². The highest BCUT2D eigenvalue weighted by Gasteiger charge is 2.27. The fourth-order valence-electron chi connectivity index (χ4n) is 2.89. The van der Waals surface area contributed by atoms with Crippen LogP contribution in [0.3, 0.4) is 0 Å². The molecule has 7 nitrogen and oxygen atoms in total. The quantitative estimate of drug-likeness (QED) is 0.779. The van der Waals surface area contributed by atoms with Crippen molar-refractivity contribution in [2.24, 2.45) is 5.92 Å². The van der Waals surface area contributed by atoms with Crippen molar-refractivity contribution in [1.29, 1.82) is 0 Å². The van der Waals surface area contributed by atoms with E-state index in [4.69, 9.17) is 4.74 Å². The second kappa shape index (κ2) is 6.31. The number of aromatic nitrogens is 3. The molecule has 3 rings (SSSR count). The molecule has 0 saturated carbocycles. The fraction of sp³-hybridized carbons (Fsp3) is 0.533. The van der Waals surface area contributed by atoms with Gasteiger partial charge >= 0.3 is 11.7 Å². The van der Waals surface area contributed by atoms with E-state index in [-0.39, 0.29) is 17.6 Å². The number of likely N-dealkylation sites (tertiary alicyclic amines) is 1. The molecule has 1 fully saturated rings. The van der Waals surface area contributed by atoms with Gasteiger partial charge in [-0.15, -0.1) is 5.10 Å². The minimum absolute atomic E-state index is 0.110. The number of rotatable bonds is 4. The van der Waals surface area contributed by atoms with Crippen LogP contribution < -0.4 is 5.69 Å². The number of carbonyl (C=O) groups excluding carboxylic acids is 1. The molecule has 0 amide bonds. The van der Waals surface area contributed by atoms with Gasteiger partial charge in [0, 0.05) is 12.7 Å². The van der Waals surface area contributed by atoms with Crippen LogP contribution in [0.4, 0.5) is 0 Å². The minimum atomic E-state index is -0.158. The van der Waals surface area contributed by atoms with Crippen LogP contribution in [-0.4, -0.2) is 44.7 Å². The number of fused-ring (bicyclic) bond motifs is 1. The average molecular weight is 304 g/mol. The maximum absolute atomic E-state index is 12.3. The molecule has 1 saturated heterocycles. The number of carbonyl (C=O) groups is 1.